The van der Waals surface area contributed by atoms with Crippen molar-refractivity contribution < 1.29 is 13.9 Å². The third-order valence-electron chi connectivity index (χ3n) is 0.943. The molecule has 0 aliphatic heterocycles. The molecule has 1 rings (SSSR count). The number of nitrogens with zero attached hydrogens (tertiary/aromatic N) is 1. The smallest absolute Gasteiger partial charge is 0.360 e. The molecule has 0 bridgehead atoms. The van der Waals surface area contributed by atoms with Crippen LogP contribution < -0.4 is 0 Å². The summed E-state index contributed by atoms with van der Waals surface area (Å²) in [6, 6.07) is 0. The van der Waals surface area contributed by atoms with Crippen LogP contribution in [-0.4, -0.2) is 18.1 Å². The zero-order chi connectivity index (χ0) is 7.56. The summed E-state index contributed by atoms with van der Waals surface area (Å²) in [7, 11) is 1.28. The quantitative estimate of drug-likeness (QED) is 0.535. The molecular formula is C6H6NO3. The van der Waals surface area contributed by atoms with Gasteiger partial charge in [0.25, 0.3) is 0 Å². The van der Waals surface area contributed by atoms with Gasteiger partial charge in [0.1, 0.15) is 0 Å². The molecule has 0 unspecified atom stereocenters. The van der Waals surface area contributed by atoms with E-state index in [0.29, 0.717) is 5.89 Å². The molecule has 4 nitrogen and oxygen atoms in total. The van der Waals surface area contributed by atoms with Crippen molar-refractivity contribution >= 4 is 5.97 Å². The zero-order valence-corrected chi connectivity index (χ0v) is 5.67. The fraction of sp³-hybridized carbons (Fsp3) is 0.333. The van der Waals surface area contributed by atoms with Gasteiger partial charge in [-0.15, -0.1) is 0 Å². The summed E-state index contributed by atoms with van der Waals surface area (Å²) < 4.78 is 9.01. The van der Waals surface area contributed by atoms with E-state index in [0.717, 1.165) is 0 Å². The fourth-order valence-electron chi connectivity index (χ4n) is 0.509. The first-order chi connectivity index (χ1) is 4.74. The molecule has 0 saturated carbocycles. The fourth-order valence-corrected chi connectivity index (χ4v) is 0.509. The monoisotopic (exact) mass is 140 g/mol. The summed E-state index contributed by atoms with van der Waals surface area (Å²) in [5.74, 6) is -0.128. The Morgan fingerprint density at radius 3 is 2.90 bits per heavy atom. The van der Waals surface area contributed by atoms with E-state index in [-0.39, 0.29) is 5.69 Å². The van der Waals surface area contributed by atoms with Crippen molar-refractivity contribution in [1.82, 2.24) is 4.98 Å². The van der Waals surface area contributed by atoms with Gasteiger partial charge >= 0.3 is 5.97 Å². The van der Waals surface area contributed by atoms with Crippen LogP contribution in [0, 0.1) is 13.2 Å². The minimum Gasteiger partial charge on any atom is -0.464 e. The van der Waals surface area contributed by atoms with Gasteiger partial charge in [-0.3, -0.25) is 0 Å². The molecule has 0 saturated heterocycles. The molecule has 4 heteroatoms. The lowest BCUT2D eigenvalue weighted by molar-refractivity contribution is 0.0593. The first-order valence-corrected chi connectivity index (χ1v) is 2.67. The average Bonchev–Trinajstić information content (AvgIpc) is 2.34. The van der Waals surface area contributed by atoms with Gasteiger partial charge in [-0.25, -0.2) is 9.78 Å². The van der Waals surface area contributed by atoms with E-state index in [4.69, 9.17) is 0 Å². The molecule has 1 radical (unpaired) electrons. The van der Waals surface area contributed by atoms with Gasteiger partial charge in [-0.05, 0) is 0 Å². The molecule has 1 aromatic heterocycles. The Balaban J connectivity index is 2.85. The summed E-state index contributed by atoms with van der Waals surface area (Å²) in [5.41, 5.74) is 0.0833. The molecule has 0 atom stereocenters. The van der Waals surface area contributed by atoms with Crippen molar-refractivity contribution in [2.75, 3.05) is 7.11 Å². The Morgan fingerprint density at radius 2 is 2.50 bits per heavy atom. The average molecular weight is 140 g/mol. The van der Waals surface area contributed by atoms with Crippen LogP contribution in [0.15, 0.2) is 4.42 Å². The van der Waals surface area contributed by atoms with E-state index >= 15 is 0 Å². The van der Waals surface area contributed by atoms with Gasteiger partial charge in [-0.1, -0.05) is 0 Å². The number of esters is 1. The minimum atomic E-state index is -0.531. The van der Waals surface area contributed by atoms with E-state index in [1.165, 1.54) is 7.11 Å². The van der Waals surface area contributed by atoms with Crippen molar-refractivity contribution in [2.24, 2.45) is 0 Å². The summed E-state index contributed by atoms with van der Waals surface area (Å²) in [6.45, 7) is 1.63. The van der Waals surface area contributed by atoms with Crippen LogP contribution in [0.4, 0.5) is 0 Å². The summed E-state index contributed by atoms with van der Waals surface area (Å²) >= 11 is 0. The molecule has 0 aromatic carbocycles. The van der Waals surface area contributed by atoms with Crippen molar-refractivity contribution in [2.45, 2.75) is 6.92 Å². The number of ether oxygens (including phenoxy) is 1. The number of carbonyl (C=O) groups is 1. The molecule has 0 amide bonds. The normalized spacial score (nSPS) is 9.40. The molecule has 1 heterocycles. The molecule has 0 spiro atoms. The van der Waals surface area contributed by atoms with Crippen LogP contribution in [0.25, 0.3) is 0 Å². The van der Waals surface area contributed by atoms with E-state index in [2.05, 4.69) is 20.4 Å². The third kappa shape index (κ3) is 1.15. The number of aromatic nitrogens is 1. The molecule has 1 aromatic rings. The Labute approximate surface area is 57.8 Å². The highest BCUT2D eigenvalue weighted by atomic mass is 16.5. The summed E-state index contributed by atoms with van der Waals surface area (Å²) in [5, 5.41) is 0. The van der Waals surface area contributed by atoms with Crippen LogP contribution >= 0.6 is 0 Å². The van der Waals surface area contributed by atoms with Gasteiger partial charge in [0.2, 0.25) is 6.26 Å². The van der Waals surface area contributed by atoms with Crippen molar-refractivity contribution in [1.29, 1.82) is 0 Å². The predicted octanol–water partition coefficient (Wildman–Crippen LogP) is 0.570. The zero-order valence-electron chi connectivity index (χ0n) is 5.67. The second-order valence-corrected chi connectivity index (χ2v) is 1.68. The molecule has 0 aliphatic rings. The molecule has 10 heavy (non-hydrogen) atoms. The molecule has 53 valence electrons. The maximum Gasteiger partial charge on any atom is 0.360 e. The lowest BCUT2D eigenvalue weighted by Crippen LogP contribution is -2.01. The second kappa shape index (κ2) is 2.51. The van der Waals surface area contributed by atoms with Crippen LogP contribution in [0.1, 0.15) is 16.4 Å². The number of aryl methyl sites for hydroxylation is 1. The Kier molecular flexibility index (Phi) is 1.71. The number of carbonyl (C=O) groups excluding carboxylic acids is 1. The predicted molar refractivity (Wildman–Crippen MR) is 31.4 cm³/mol. The number of methoxy groups -OCH3 is 1. The second-order valence-electron chi connectivity index (χ2n) is 1.68. The lowest BCUT2D eigenvalue weighted by Gasteiger charge is -1.88. The van der Waals surface area contributed by atoms with E-state index in [9.17, 15) is 4.79 Å². The highest BCUT2D eigenvalue weighted by Gasteiger charge is 2.10. The summed E-state index contributed by atoms with van der Waals surface area (Å²) in [4.78, 5) is 14.3. The van der Waals surface area contributed by atoms with E-state index < -0.39 is 5.97 Å². The lowest BCUT2D eigenvalue weighted by atomic mass is 10.5. The highest BCUT2D eigenvalue weighted by Crippen LogP contribution is 1.99. The van der Waals surface area contributed by atoms with Gasteiger partial charge < -0.3 is 9.15 Å². The molecule has 0 fully saturated rings. The Bertz CT molecular complexity index is 241. The van der Waals surface area contributed by atoms with Crippen LogP contribution in [0.3, 0.4) is 0 Å². The molecular weight excluding hydrogens is 134 g/mol. The number of hydrogen-bond acceptors (Lipinski definition) is 4. The van der Waals surface area contributed by atoms with Crippen molar-refractivity contribution in [3.05, 3.63) is 17.8 Å². The molecule has 0 N–H and O–H groups in total. The number of hydrogen-bond donors (Lipinski definition) is 0. The van der Waals surface area contributed by atoms with Gasteiger partial charge in [0, 0.05) is 6.92 Å². The number of oxazole rings is 1. The third-order valence-corrected chi connectivity index (χ3v) is 0.943. The Hall–Kier alpha value is -1.32. The van der Waals surface area contributed by atoms with Crippen LogP contribution in [0.5, 0.6) is 0 Å². The standard InChI is InChI=1S/C6H6NO3/c1-4-7-5(3-10-4)6(8)9-2/h1-2H3. The summed E-state index contributed by atoms with van der Waals surface area (Å²) in [6.07, 6.45) is 2.30. The molecule has 0 aliphatic carbocycles. The first kappa shape index (κ1) is 6.80. The van der Waals surface area contributed by atoms with Gasteiger partial charge in [-0.2, -0.15) is 0 Å². The highest BCUT2D eigenvalue weighted by molar-refractivity contribution is 5.86. The maximum absolute atomic E-state index is 10.7. The minimum absolute atomic E-state index is 0.0833. The van der Waals surface area contributed by atoms with Crippen molar-refractivity contribution in [3.63, 3.8) is 0 Å². The topological polar surface area (TPSA) is 52.3 Å². The van der Waals surface area contributed by atoms with Crippen LogP contribution in [-0.2, 0) is 4.74 Å². The van der Waals surface area contributed by atoms with Gasteiger partial charge in [0.05, 0.1) is 7.11 Å². The SMILES string of the molecule is COC(=O)c1[c]oc(C)n1. The van der Waals surface area contributed by atoms with E-state index in [1.54, 1.807) is 6.92 Å². The first-order valence-electron chi connectivity index (χ1n) is 2.67. The number of rotatable bonds is 1. The van der Waals surface area contributed by atoms with Crippen molar-refractivity contribution in [3.8, 4) is 0 Å². The largest absolute Gasteiger partial charge is 0.464 e. The van der Waals surface area contributed by atoms with Gasteiger partial charge in [0.15, 0.2) is 11.6 Å². The Morgan fingerprint density at radius 1 is 1.80 bits per heavy atom. The maximum atomic E-state index is 10.7. The van der Waals surface area contributed by atoms with Crippen LogP contribution in [0.2, 0.25) is 0 Å². The van der Waals surface area contributed by atoms with E-state index in [1.807, 2.05) is 0 Å².